The van der Waals surface area contributed by atoms with Crippen molar-refractivity contribution in [1.29, 1.82) is 0 Å². The summed E-state index contributed by atoms with van der Waals surface area (Å²) in [4.78, 5) is 55.4. The molecule has 0 bridgehead atoms. The van der Waals surface area contributed by atoms with Crippen LogP contribution >= 0.6 is 0 Å². The number of aliphatic hydroxyl groups excluding tert-OH is 2. The lowest BCUT2D eigenvalue weighted by molar-refractivity contribution is -0.185. The number of carbonyl (C=O) groups is 4. The Morgan fingerprint density at radius 1 is 1.13 bits per heavy atom. The number of aliphatic hydroxyl groups is 3. The van der Waals surface area contributed by atoms with Crippen LogP contribution in [0.5, 0.6) is 5.75 Å². The maximum atomic E-state index is 14.3. The van der Waals surface area contributed by atoms with Crippen LogP contribution in [0, 0.1) is 23.2 Å². The number of rotatable bonds is 7. The maximum absolute atomic E-state index is 14.3. The molecule has 4 aliphatic rings. The summed E-state index contributed by atoms with van der Waals surface area (Å²) in [6.07, 6.45) is 0.600. The van der Waals surface area contributed by atoms with E-state index < -0.39 is 87.5 Å². The van der Waals surface area contributed by atoms with Gasteiger partial charge in [0, 0.05) is 30.1 Å². The van der Waals surface area contributed by atoms with Crippen LogP contribution in [0.2, 0.25) is 0 Å². The molecule has 0 heterocycles. The minimum Gasteiger partial charge on any atom is -0.510 e. The first-order valence-electron chi connectivity index (χ1n) is 15.3. The first kappa shape index (κ1) is 32.6. The van der Waals surface area contributed by atoms with Crippen molar-refractivity contribution in [3.63, 3.8) is 0 Å². The molecule has 12 nitrogen and oxygen atoms in total. The molecule has 0 saturated heterocycles. The second-order valence-electron chi connectivity index (χ2n) is 14.3. The number of carbonyl (C=O) groups excluding carboxylic acids is 4. The standard InChI is InChI=1S/C33H43N3O9/c1-14-17-11-10-16(12-35-13-32(2,3)4)24(37)19(17)25(38)20-18(14)27(45-31(43)15-8-7-9-15)22-23(36(5)6)26(39)21(30(34)42)29(41)33(22,44)28(20)40/h10-11,14-15,18,22-23,27,35,37,39-40,44H,7-9,12-13H2,1-6H3,(H2,34,42)/t14?,18-,22-,23+,27+,33+/m1/s1. The zero-order chi connectivity index (χ0) is 33.3. The average molecular weight is 626 g/mol. The van der Waals surface area contributed by atoms with E-state index in [2.05, 4.69) is 26.1 Å². The number of hydrogen-bond donors (Lipinski definition) is 6. The number of primary amides is 1. The van der Waals surface area contributed by atoms with E-state index in [9.17, 15) is 39.6 Å². The molecule has 7 N–H and O–H groups in total. The average Bonchev–Trinajstić information content (AvgIpc) is 2.89. The summed E-state index contributed by atoms with van der Waals surface area (Å²) in [5.74, 6) is -9.89. The van der Waals surface area contributed by atoms with Gasteiger partial charge in [-0.1, -0.05) is 46.2 Å². The Morgan fingerprint density at radius 3 is 2.31 bits per heavy atom. The van der Waals surface area contributed by atoms with Gasteiger partial charge in [0.05, 0.1) is 23.4 Å². The van der Waals surface area contributed by atoms with Gasteiger partial charge in [-0.2, -0.15) is 0 Å². The van der Waals surface area contributed by atoms with Crippen LogP contribution in [0.15, 0.2) is 34.8 Å². The molecule has 0 aromatic heterocycles. The van der Waals surface area contributed by atoms with E-state index in [1.54, 1.807) is 19.1 Å². The topological polar surface area (TPSA) is 200 Å². The molecule has 0 radical (unpaired) electrons. The lowest BCUT2D eigenvalue weighted by atomic mass is 9.55. The SMILES string of the molecule is CC1c2ccc(CNCC(C)(C)C)c(O)c2C(=O)C2=C(O)[C@]3(O)C(=O)C(C(N)=O)=C(O)[C@@H](N(C)C)[C@@H]3[C@@H](OC(=O)C3CCC3)[C@@H]21. The molecule has 0 aliphatic heterocycles. The second-order valence-corrected chi connectivity index (χ2v) is 14.3. The van der Waals surface area contributed by atoms with Gasteiger partial charge in [0.25, 0.3) is 5.91 Å². The van der Waals surface area contributed by atoms with Gasteiger partial charge < -0.3 is 36.2 Å². The molecule has 6 atom stereocenters. The number of amides is 1. The van der Waals surface area contributed by atoms with Gasteiger partial charge >= 0.3 is 5.97 Å². The zero-order valence-electron chi connectivity index (χ0n) is 26.5. The summed E-state index contributed by atoms with van der Waals surface area (Å²) in [5.41, 5.74) is 1.93. The van der Waals surface area contributed by atoms with Gasteiger partial charge in [0.1, 0.15) is 28.9 Å². The van der Waals surface area contributed by atoms with E-state index in [-0.39, 0.29) is 23.3 Å². The second kappa shape index (κ2) is 11.3. The van der Waals surface area contributed by atoms with Crippen molar-refractivity contribution in [3.8, 4) is 5.75 Å². The predicted molar refractivity (Wildman–Crippen MR) is 162 cm³/mol. The number of likely N-dealkylation sites (N-methyl/N-ethyl adjacent to an activating group) is 1. The lowest BCUT2D eigenvalue weighted by Gasteiger charge is -2.54. The highest BCUT2D eigenvalue weighted by Crippen LogP contribution is 2.56. The third-order valence-electron chi connectivity index (χ3n) is 9.85. The molecule has 12 heteroatoms. The van der Waals surface area contributed by atoms with Gasteiger partial charge in [-0.25, -0.2) is 0 Å². The number of hydrogen-bond acceptors (Lipinski definition) is 11. The number of ether oxygens (including phenoxy) is 1. The summed E-state index contributed by atoms with van der Waals surface area (Å²) in [6.45, 7) is 8.77. The number of Topliss-reactive ketones (excluding diaryl/α,β-unsaturated/α-hetero) is 2. The number of aromatic hydroxyl groups is 1. The Labute approximate surface area is 261 Å². The van der Waals surface area contributed by atoms with Crippen molar-refractivity contribution >= 4 is 23.4 Å². The number of nitrogens with zero attached hydrogens (tertiary/aromatic N) is 1. The molecule has 1 amide bonds. The van der Waals surface area contributed by atoms with Crippen molar-refractivity contribution in [1.82, 2.24) is 10.2 Å². The maximum Gasteiger partial charge on any atom is 0.309 e. The Bertz CT molecular complexity index is 1530. The Hall–Kier alpha value is -3.74. The number of phenolic OH excluding ortho intramolecular Hbond substituents is 1. The van der Waals surface area contributed by atoms with Gasteiger partial charge in [0.2, 0.25) is 5.78 Å². The molecule has 244 valence electrons. The molecule has 1 fully saturated rings. The molecule has 5 rings (SSSR count). The van der Waals surface area contributed by atoms with Crippen molar-refractivity contribution in [2.45, 2.75) is 77.2 Å². The van der Waals surface area contributed by atoms with Crippen LogP contribution in [0.25, 0.3) is 0 Å². The highest BCUT2D eigenvalue weighted by Gasteiger charge is 2.68. The van der Waals surface area contributed by atoms with Crippen molar-refractivity contribution < 1.29 is 44.3 Å². The Balaban J connectivity index is 1.72. The highest BCUT2D eigenvalue weighted by molar-refractivity contribution is 6.25. The largest absolute Gasteiger partial charge is 0.510 e. The number of nitrogens with one attached hydrogen (secondary N) is 1. The number of esters is 1. The summed E-state index contributed by atoms with van der Waals surface area (Å²) in [6, 6.07) is 2.10. The van der Waals surface area contributed by atoms with Crippen LogP contribution in [0.1, 0.15) is 74.4 Å². The summed E-state index contributed by atoms with van der Waals surface area (Å²) in [5, 5.41) is 49.9. The van der Waals surface area contributed by atoms with E-state index >= 15 is 0 Å². The minimum atomic E-state index is -2.96. The number of nitrogens with two attached hydrogens (primary N) is 1. The van der Waals surface area contributed by atoms with Crippen molar-refractivity contribution in [2.24, 2.45) is 28.9 Å². The van der Waals surface area contributed by atoms with Crippen LogP contribution in [0.3, 0.4) is 0 Å². The van der Waals surface area contributed by atoms with E-state index in [0.717, 1.165) is 6.42 Å². The van der Waals surface area contributed by atoms with E-state index in [0.29, 0.717) is 30.5 Å². The molecule has 1 saturated carbocycles. The summed E-state index contributed by atoms with van der Waals surface area (Å²) in [7, 11) is 3.05. The van der Waals surface area contributed by atoms with Crippen LogP contribution in [-0.4, -0.2) is 87.2 Å². The van der Waals surface area contributed by atoms with Gasteiger partial charge in [-0.05, 0) is 43.8 Å². The summed E-state index contributed by atoms with van der Waals surface area (Å²) >= 11 is 0. The van der Waals surface area contributed by atoms with Gasteiger partial charge in [-0.15, -0.1) is 0 Å². The molecule has 45 heavy (non-hydrogen) atoms. The fourth-order valence-electron chi connectivity index (χ4n) is 7.37. The normalized spacial score (nSPS) is 30.1. The van der Waals surface area contributed by atoms with Gasteiger partial charge in [0.15, 0.2) is 11.4 Å². The summed E-state index contributed by atoms with van der Waals surface area (Å²) < 4.78 is 6.10. The molecule has 1 aromatic carbocycles. The smallest absolute Gasteiger partial charge is 0.309 e. The number of benzene rings is 1. The van der Waals surface area contributed by atoms with Crippen LogP contribution in [-0.2, 0) is 25.7 Å². The van der Waals surface area contributed by atoms with Crippen molar-refractivity contribution in [3.05, 3.63) is 51.5 Å². The minimum absolute atomic E-state index is 0.0401. The fraction of sp³-hybridized carbons (Fsp3) is 0.576. The quantitative estimate of drug-likeness (QED) is 0.192. The zero-order valence-corrected chi connectivity index (χ0v) is 26.5. The highest BCUT2D eigenvalue weighted by atomic mass is 16.5. The number of fused-ring (bicyclic) bond motifs is 3. The van der Waals surface area contributed by atoms with E-state index in [1.807, 2.05) is 0 Å². The number of phenols is 1. The lowest BCUT2D eigenvalue weighted by Crippen LogP contribution is -2.69. The van der Waals surface area contributed by atoms with Gasteiger partial charge in [-0.3, -0.25) is 24.1 Å². The molecule has 4 aliphatic carbocycles. The molecular weight excluding hydrogens is 582 g/mol. The van der Waals surface area contributed by atoms with E-state index in [4.69, 9.17) is 10.5 Å². The molecule has 1 aromatic rings. The molecule has 1 unspecified atom stereocenters. The first-order chi connectivity index (χ1) is 20.9. The fourth-order valence-corrected chi connectivity index (χ4v) is 7.37. The predicted octanol–water partition coefficient (Wildman–Crippen LogP) is 2.14. The first-order valence-corrected chi connectivity index (χ1v) is 15.3. The third-order valence-corrected chi connectivity index (χ3v) is 9.85. The van der Waals surface area contributed by atoms with E-state index in [1.165, 1.54) is 19.0 Å². The Kier molecular flexibility index (Phi) is 8.16. The van der Waals surface area contributed by atoms with Crippen LogP contribution < -0.4 is 11.1 Å². The molecule has 0 spiro atoms. The third kappa shape index (κ3) is 5.03. The van der Waals surface area contributed by atoms with Crippen molar-refractivity contribution in [2.75, 3.05) is 20.6 Å². The molecular formula is C33H43N3O9. The monoisotopic (exact) mass is 625 g/mol. The number of ketones is 2. The van der Waals surface area contributed by atoms with Crippen LogP contribution in [0.4, 0.5) is 0 Å². The Morgan fingerprint density at radius 2 is 1.78 bits per heavy atom.